The summed E-state index contributed by atoms with van der Waals surface area (Å²) >= 11 is 0. The van der Waals surface area contributed by atoms with Crippen LogP contribution in [0.15, 0.2) is 60.7 Å². The maximum Gasteiger partial charge on any atom is 0.223 e. The van der Waals surface area contributed by atoms with Crippen molar-refractivity contribution in [3.63, 3.8) is 0 Å². The van der Waals surface area contributed by atoms with E-state index in [9.17, 15) is 4.79 Å². The largest absolute Gasteiger partial charge is 0.371 e. The van der Waals surface area contributed by atoms with Crippen LogP contribution >= 0.6 is 0 Å². The normalized spacial score (nSPS) is 21.4. The number of carbonyl (C=O) groups is 1. The zero-order valence-electron chi connectivity index (χ0n) is 13.5. The van der Waals surface area contributed by atoms with Gasteiger partial charge in [-0.1, -0.05) is 60.7 Å². The number of hydrogen-bond donors (Lipinski definition) is 0. The van der Waals surface area contributed by atoms with Crippen molar-refractivity contribution < 1.29 is 9.53 Å². The minimum absolute atomic E-state index is 0.0941. The summed E-state index contributed by atoms with van der Waals surface area (Å²) in [5.74, 6) is 0.223. The van der Waals surface area contributed by atoms with Crippen LogP contribution in [-0.2, 0) is 22.7 Å². The van der Waals surface area contributed by atoms with Gasteiger partial charge in [-0.15, -0.1) is 0 Å². The molecule has 0 aliphatic carbocycles. The van der Waals surface area contributed by atoms with Gasteiger partial charge in [0.2, 0.25) is 5.91 Å². The quantitative estimate of drug-likeness (QED) is 0.841. The molecule has 0 saturated carbocycles. The summed E-state index contributed by atoms with van der Waals surface area (Å²) in [6.45, 7) is 3.35. The molecule has 1 amide bonds. The Bertz CT molecular complexity index is 627. The molecule has 3 rings (SSSR count). The highest BCUT2D eigenvalue weighted by molar-refractivity contribution is 5.77. The Morgan fingerprint density at radius 3 is 2.26 bits per heavy atom. The van der Waals surface area contributed by atoms with Gasteiger partial charge in [-0.2, -0.15) is 0 Å². The summed E-state index contributed by atoms with van der Waals surface area (Å²) in [5, 5.41) is 0. The van der Waals surface area contributed by atoms with Gasteiger partial charge >= 0.3 is 0 Å². The maximum atomic E-state index is 12.3. The van der Waals surface area contributed by atoms with Crippen LogP contribution in [0.2, 0.25) is 0 Å². The van der Waals surface area contributed by atoms with Crippen molar-refractivity contribution in [2.45, 2.75) is 45.1 Å². The first-order chi connectivity index (χ1) is 11.2. The van der Waals surface area contributed by atoms with Gasteiger partial charge in [0.1, 0.15) is 0 Å². The molecule has 3 heteroatoms. The van der Waals surface area contributed by atoms with E-state index < -0.39 is 0 Å². The van der Waals surface area contributed by atoms with E-state index in [1.807, 2.05) is 41.3 Å². The zero-order chi connectivity index (χ0) is 16.1. The van der Waals surface area contributed by atoms with E-state index in [1.165, 1.54) is 5.56 Å². The number of piperidine rings is 1. The van der Waals surface area contributed by atoms with Crippen LogP contribution in [0.5, 0.6) is 0 Å². The van der Waals surface area contributed by atoms with E-state index in [1.54, 1.807) is 0 Å². The molecule has 3 nitrogen and oxygen atoms in total. The average molecular weight is 309 g/mol. The third kappa shape index (κ3) is 3.99. The number of amides is 1. The van der Waals surface area contributed by atoms with E-state index >= 15 is 0 Å². The van der Waals surface area contributed by atoms with Crippen LogP contribution in [0.4, 0.5) is 0 Å². The molecule has 23 heavy (non-hydrogen) atoms. The van der Waals surface area contributed by atoms with Gasteiger partial charge in [-0.3, -0.25) is 4.79 Å². The molecule has 0 aromatic heterocycles. The molecule has 2 aromatic rings. The molecule has 1 fully saturated rings. The lowest BCUT2D eigenvalue weighted by atomic mass is 9.98. The molecule has 2 aromatic carbocycles. The first-order valence-electron chi connectivity index (χ1n) is 8.23. The minimum Gasteiger partial charge on any atom is -0.371 e. The fourth-order valence-electron chi connectivity index (χ4n) is 3.09. The highest BCUT2D eigenvalue weighted by Crippen LogP contribution is 2.24. The highest BCUT2D eigenvalue weighted by Gasteiger charge is 2.33. The highest BCUT2D eigenvalue weighted by atomic mass is 16.5. The molecule has 1 heterocycles. The summed E-state index contributed by atoms with van der Waals surface area (Å²) in [6, 6.07) is 20.4. The molecule has 0 unspecified atom stereocenters. The van der Waals surface area contributed by atoms with Crippen molar-refractivity contribution in [3.05, 3.63) is 71.8 Å². The maximum absolute atomic E-state index is 12.3. The second-order valence-electron chi connectivity index (χ2n) is 6.12. The van der Waals surface area contributed by atoms with Gasteiger partial charge < -0.3 is 9.64 Å². The van der Waals surface area contributed by atoms with Crippen molar-refractivity contribution >= 4 is 5.91 Å². The predicted octanol–water partition coefficient (Wildman–Crippen LogP) is 3.78. The Morgan fingerprint density at radius 2 is 1.61 bits per heavy atom. The van der Waals surface area contributed by atoms with Crippen LogP contribution < -0.4 is 0 Å². The van der Waals surface area contributed by atoms with Crippen molar-refractivity contribution in [2.75, 3.05) is 0 Å². The Morgan fingerprint density at radius 1 is 1.00 bits per heavy atom. The molecule has 2 atom stereocenters. The Balaban J connectivity index is 1.63. The van der Waals surface area contributed by atoms with Crippen LogP contribution in [0.1, 0.15) is 30.9 Å². The second-order valence-corrected chi connectivity index (χ2v) is 6.12. The Kier molecular flexibility index (Phi) is 5.09. The number of nitrogens with zero attached hydrogens (tertiary/aromatic N) is 1. The number of ether oxygens (including phenoxy) is 1. The number of likely N-dealkylation sites (tertiary alicyclic amines) is 1. The van der Waals surface area contributed by atoms with E-state index in [4.69, 9.17) is 4.74 Å². The average Bonchev–Trinajstić information content (AvgIpc) is 2.60. The number of benzene rings is 2. The van der Waals surface area contributed by atoms with Crippen molar-refractivity contribution in [1.29, 1.82) is 0 Å². The van der Waals surface area contributed by atoms with Gasteiger partial charge in [-0.05, 0) is 24.5 Å². The van der Waals surface area contributed by atoms with E-state index in [0.29, 0.717) is 19.6 Å². The molecule has 1 aliphatic rings. The van der Waals surface area contributed by atoms with Crippen molar-refractivity contribution in [1.82, 2.24) is 4.90 Å². The molecular formula is C20H23NO2. The molecule has 0 spiro atoms. The molecule has 1 aliphatic heterocycles. The Hall–Kier alpha value is -2.13. The first-order valence-corrected chi connectivity index (χ1v) is 8.23. The predicted molar refractivity (Wildman–Crippen MR) is 90.7 cm³/mol. The molecule has 120 valence electrons. The summed E-state index contributed by atoms with van der Waals surface area (Å²) < 4.78 is 6.10. The standard InChI is InChI=1S/C20H23NO2/c1-16-19(23-15-18-10-6-3-7-11-18)12-13-20(22)21(16)14-17-8-4-2-5-9-17/h2-11,16,19H,12-15H2,1H3/t16-,19-/m0/s1. The number of carbonyl (C=O) groups excluding carboxylic acids is 1. The summed E-state index contributed by atoms with van der Waals surface area (Å²) in [7, 11) is 0. The Labute approximate surface area is 137 Å². The lowest BCUT2D eigenvalue weighted by Gasteiger charge is -2.39. The van der Waals surface area contributed by atoms with Gasteiger partial charge in [-0.25, -0.2) is 0 Å². The fourth-order valence-corrected chi connectivity index (χ4v) is 3.09. The first kappa shape index (κ1) is 15.8. The zero-order valence-corrected chi connectivity index (χ0v) is 13.5. The molecule has 0 bridgehead atoms. The third-order valence-corrected chi connectivity index (χ3v) is 4.50. The van der Waals surface area contributed by atoms with Gasteiger partial charge in [0.25, 0.3) is 0 Å². The third-order valence-electron chi connectivity index (χ3n) is 4.50. The summed E-state index contributed by atoms with van der Waals surface area (Å²) in [4.78, 5) is 14.3. The van der Waals surface area contributed by atoms with Gasteiger partial charge in [0.15, 0.2) is 0 Å². The van der Waals surface area contributed by atoms with E-state index in [2.05, 4.69) is 31.2 Å². The fraction of sp³-hybridized carbons (Fsp3) is 0.350. The minimum atomic E-state index is 0.0941. The van der Waals surface area contributed by atoms with E-state index in [0.717, 1.165) is 12.0 Å². The van der Waals surface area contributed by atoms with Gasteiger partial charge in [0.05, 0.1) is 18.8 Å². The molecular weight excluding hydrogens is 286 g/mol. The monoisotopic (exact) mass is 309 g/mol. The van der Waals surface area contributed by atoms with Crippen LogP contribution in [0.3, 0.4) is 0 Å². The molecule has 0 N–H and O–H groups in total. The smallest absolute Gasteiger partial charge is 0.223 e. The van der Waals surface area contributed by atoms with Crippen LogP contribution in [-0.4, -0.2) is 23.0 Å². The molecule has 1 saturated heterocycles. The number of hydrogen-bond acceptors (Lipinski definition) is 2. The van der Waals surface area contributed by atoms with E-state index in [-0.39, 0.29) is 18.1 Å². The van der Waals surface area contributed by atoms with Crippen LogP contribution in [0, 0.1) is 0 Å². The summed E-state index contributed by atoms with van der Waals surface area (Å²) in [6.07, 6.45) is 1.46. The molecule has 0 radical (unpaired) electrons. The lowest BCUT2D eigenvalue weighted by molar-refractivity contribution is -0.145. The van der Waals surface area contributed by atoms with Crippen molar-refractivity contribution in [3.8, 4) is 0 Å². The topological polar surface area (TPSA) is 29.5 Å². The summed E-state index contributed by atoms with van der Waals surface area (Å²) in [5.41, 5.74) is 2.34. The SMILES string of the molecule is C[C@H]1[C@@H](OCc2ccccc2)CCC(=O)N1Cc1ccccc1. The second kappa shape index (κ2) is 7.42. The number of rotatable bonds is 5. The lowest BCUT2D eigenvalue weighted by Crippen LogP contribution is -2.49. The van der Waals surface area contributed by atoms with Crippen molar-refractivity contribution in [2.24, 2.45) is 0 Å². The van der Waals surface area contributed by atoms with Crippen LogP contribution in [0.25, 0.3) is 0 Å². The van der Waals surface area contributed by atoms with Gasteiger partial charge in [0, 0.05) is 13.0 Å².